The zero-order valence-electron chi connectivity index (χ0n) is 9.27. The van der Waals surface area contributed by atoms with Crippen molar-refractivity contribution >= 4 is 0 Å². The van der Waals surface area contributed by atoms with Crippen molar-refractivity contribution < 1.29 is 9.26 Å². The topological polar surface area (TPSA) is 47.3 Å². The lowest BCUT2D eigenvalue weighted by Gasteiger charge is -2.32. The SMILES string of the molecule is CC(C)OC1CNCCC1c1ccon1. The van der Waals surface area contributed by atoms with Crippen molar-refractivity contribution in [3.8, 4) is 0 Å². The molecule has 1 aliphatic heterocycles. The van der Waals surface area contributed by atoms with Gasteiger partial charge in [-0.25, -0.2) is 0 Å². The van der Waals surface area contributed by atoms with Crippen LogP contribution in [0.4, 0.5) is 0 Å². The Bertz CT molecular complexity index is 285. The molecule has 2 unspecified atom stereocenters. The number of nitrogens with one attached hydrogen (secondary N) is 1. The van der Waals surface area contributed by atoms with Crippen LogP contribution in [-0.4, -0.2) is 30.5 Å². The van der Waals surface area contributed by atoms with Crippen LogP contribution in [0.5, 0.6) is 0 Å². The van der Waals surface area contributed by atoms with E-state index in [9.17, 15) is 0 Å². The van der Waals surface area contributed by atoms with Crippen molar-refractivity contribution in [3.63, 3.8) is 0 Å². The molecule has 1 fully saturated rings. The first kappa shape index (κ1) is 10.6. The van der Waals surface area contributed by atoms with Gasteiger partial charge in [0.1, 0.15) is 6.26 Å². The van der Waals surface area contributed by atoms with Gasteiger partial charge in [0, 0.05) is 18.5 Å². The van der Waals surface area contributed by atoms with Gasteiger partial charge in [-0.2, -0.15) is 0 Å². The van der Waals surface area contributed by atoms with E-state index in [2.05, 4.69) is 24.3 Å². The summed E-state index contributed by atoms with van der Waals surface area (Å²) in [5, 5.41) is 7.36. The highest BCUT2D eigenvalue weighted by Gasteiger charge is 2.29. The van der Waals surface area contributed by atoms with Gasteiger partial charge in [-0.15, -0.1) is 0 Å². The molecule has 0 spiro atoms. The molecular weight excluding hydrogens is 192 g/mol. The molecule has 2 heterocycles. The van der Waals surface area contributed by atoms with Crippen molar-refractivity contribution in [1.82, 2.24) is 10.5 Å². The van der Waals surface area contributed by atoms with Crippen molar-refractivity contribution in [2.45, 2.75) is 38.4 Å². The quantitative estimate of drug-likeness (QED) is 0.822. The molecule has 0 aliphatic carbocycles. The smallest absolute Gasteiger partial charge is 0.124 e. The molecule has 0 saturated carbocycles. The standard InChI is InChI=1S/C11H18N2O2/c1-8(2)15-11-7-12-5-3-9(11)10-4-6-14-13-10/h4,6,8-9,11-12H,3,5,7H2,1-2H3. The van der Waals surface area contributed by atoms with Crippen LogP contribution in [-0.2, 0) is 4.74 Å². The minimum atomic E-state index is 0.212. The van der Waals surface area contributed by atoms with Crippen LogP contribution < -0.4 is 5.32 Å². The van der Waals surface area contributed by atoms with E-state index < -0.39 is 0 Å². The predicted molar refractivity (Wildman–Crippen MR) is 56.7 cm³/mol. The van der Waals surface area contributed by atoms with Gasteiger partial charge in [-0.1, -0.05) is 5.16 Å². The molecule has 1 aromatic heterocycles. The normalized spacial score (nSPS) is 27.1. The summed E-state index contributed by atoms with van der Waals surface area (Å²) in [6.07, 6.45) is 3.15. The fourth-order valence-corrected chi connectivity index (χ4v) is 2.07. The molecule has 0 amide bonds. The van der Waals surface area contributed by atoms with E-state index in [1.165, 1.54) is 0 Å². The first-order valence-corrected chi connectivity index (χ1v) is 5.54. The second-order valence-electron chi connectivity index (χ2n) is 4.25. The molecule has 1 aromatic rings. The summed E-state index contributed by atoms with van der Waals surface area (Å²) in [6.45, 7) is 6.05. The van der Waals surface area contributed by atoms with Crippen molar-refractivity contribution in [1.29, 1.82) is 0 Å². The second-order valence-corrected chi connectivity index (χ2v) is 4.25. The zero-order valence-corrected chi connectivity index (χ0v) is 9.27. The molecule has 1 aliphatic rings. The average Bonchev–Trinajstić information content (AvgIpc) is 2.70. The van der Waals surface area contributed by atoms with Crippen LogP contribution in [0.3, 0.4) is 0 Å². The van der Waals surface area contributed by atoms with E-state index in [-0.39, 0.29) is 12.2 Å². The predicted octanol–water partition coefficient (Wildman–Crippen LogP) is 1.55. The van der Waals surface area contributed by atoms with Gasteiger partial charge < -0.3 is 14.6 Å². The summed E-state index contributed by atoms with van der Waals surface area (Å²) in [4.78, 5) is 0. The molecule has 84 valence electrons. The Balaban J connectivity index is 2.06. The first-order valence-electron chi connectivity index (χ1n) is 5.54. The van der Waals surface area contributed by atoms with Gasteiger partial charge in [0.25, 0.3) is 0 Å². The maximum absolute atomic E-state index is 5.88. The summed E-state index contributed by atoms with van der Waals surface area (Å²) < 4.78 is 10.8. The molecule has 2 rings (SSSR count). The third kappa shape index (κ3) is 2.58. The number of rotatable bonds is 3. The van der Waals surface area contributed by atoms with Crippen LogP contribution in [0.1, 0.15) is 31.9 Å². The maximum atomic E-state index is 5.88. The number of aromatic nitrogens is 1. The van der Waals surface area contributed by atoms with Crippen molar-refractivity contribution in [2.24, 2.45) is 0 Å². The highest BCUT2D eigenvalue weighted by molar-refractivity contribution is 5.08. The number of ether oxygens (including phenoxy) is 1. The molecule has 4 heteroatoms. The lowest BCUT2D eigenvalue weighted by atomic mass is 9.91. The van der Waals surface area contributed by atoms with E-state index in [0.29, 0.717) is 5.92 Å². The molecular formula is C11H18N2O2. The minimum absolute atomic E-state index is 0.212. The Morgan fingerprint density at radius 2 is 2.47 bits per heavy atom. The molecule has 0 aromatic carbocycles. The van der Waals surface area contributed by atoms with Crippen molar-refractivity contribution in [3.05, 3.63) is 18.0 Å². The largest absolute Gasteiger partial charge is 0.374 e. The van der Waals surface area contributed by atoms with Crippen LogP contribution in [0.2, 0.25) is 0 Å². The van der Waals surface area contributed by atoms with Crippen LogP contribution in [0.25, 0.3) is 0 Å². The van der Waals surface area contributed by atoms with Gasteiger partial charge in [0.15, 0.2) is 0 Å². The molecule has 1 N–H and O–H groups in total. The molecule has 1 saturated heterocycles. The number of hydrogen-bond acceptors (Lipinski definition) is 4. The Morgan fingerprint density at radius 3 is 3.13 bits per heavy atom. The number of piperidine rings is 1. The molecule has 0 bridgehead atoms. The summed E-state index contributed by atoms with van der Waals surface area (Å²) in [7, 11) is 0. The van der Waals surface area contributed by atoms with Crippen molar-refractivity contribution in [2.75, 3.05) is 13.1 Å². The fraction of sp³-hybridized carbons (Fsp3) is 0.727. The van der Waals surface area contributed by atoms with Crippen LogP contribution in [0.15, 0.2) is 16.9 Å². The Morgan fingerprint density at radius 1 is 1.60 bits per heavy atom. The van der Waals surface area contributed by atoms with Crippen LogP contribution >= 0.6 is 0 Å². The lowest BCUT2D eigenvalue weighted by molar-refractivity contribution is -0.0182. The van der Waals surface area contributed by atoms with E-state index in [1.807, 2.05) is 6.07 Å². The number of nitrogens with zero attached hydrogens (tertiary/aromatic N) is 1. The highest BCUT2D eigenvalue weighted by atomic mass is 16.5. The molecule has 15 heavy (non-hydrogen) atoms. The minimum Gasteiger partial charge on any atom is -0.374 e. The third-order valence-electron chi connectivity index (χ3n) is 2.71. The monoisotopic (exact) mass is 210 g/mol. The van der Waals surface area contributed by atoms with E-state index >= 15 is 0 Å². The Kier molecular flexibility index (Phi) is 3.38. The van der Waals surface area contributed by atoms with E-state index in [1.54, 1.807) is 6.26 Å². The summed E-state index contributed by atoms with van der Waals surface area (Å²) in [5.74, 6) is 0.368. The Hall–Kier alpha value is -0.870. The number of hydrogen-bond donors (Lipinski definition) is 1. The zero-order chi connectivity index (χ0) is 10.7. The highest BCUT2D eigenvalue weighted by Crippen LogP contribution is 2.26. The van der Waals surface area contributed by atoms with Gasteiger partial charge in [0.05, 0.1) is 17.9 Å². The maximum Gasteiger partial charge on any atom is 0.124 e. The van der Waals surface area contributed by atoms with Gasteiger partial charge in [-0.05, 0) is 26.8 Å². The van der Waals surface area contributed by atoms with Gasteiger partial charge in [0.2, 0.25) is 0 Å². The molecule has 4 nitrogen and oxygen atoms in total. The summed E-state index contributed by atoms with van der Waals surface area (Å²) in [6, 6.07) is 1.94. The molecule has 2 atom stereocenters. The van der Waals surface area contributed by atoms with E-state index in [0.717, 1.165) is 25.2 Å². The van der Waals surface area contributed by atoms with Gasteiger partial charge >= 0.3 is 0 Å². The fourth-order valence-electron chi connectivity index (χ4n) is 2.07. The first-order chi connectivity index (χ1) is 7.27. The third-order valence-corrected chi connectivity index (χ3v) is 2.71. The summed E-state index contributed by atoms with van der Waals surface area (Å²) in [5.41, 5.74) is 1.02. The average molecular weight is 210 g/mol. The summed E-state index contributed by atoms with van der Waals surface area (Å²) >= 11 is 0. The second kappa shape index (κ2) is 4.77. The van der Waals surface area contributed by atoms with E-state index in [4.69, 9.17) is 9.26 Å². The molecule has 0 radical (unpaired) electrons. The Labute approximate surface area is 90.0 Å². The van der Waals surface area contributed by atoms with Crippen LogP contribution in [0, 0.1) is 0 Å². The lowest BCUT2D eigenvalue weighted by Crippen LogP contribution is -2.42. The van der Waals surface area contributed by atoms with Gasteiger partial charge in [-0.3, -0.25) is 0 Å².